The zero-order valence-corrected chi connectivity index (χ0v) is 11.2. The van der Waals surface area contributed by atoms with Crippen molar-refractivity contribution in [1.82, 2.24) is 4.72 Å². The molecule has 0 aliphatic carbocycles. The lowest BCUT2D eigenvalue weighted by Gasteiger charge is -2.14. The number of nitrogens with two attached hydrogens (primary N) is 1. The second-order valence-corrected chi connectivity index (χ2v) is 5.29. The number of ether oxygens (including phenoxy) is 2. The van der Waals surface area contributed by atoms with Gasteiger partial charge in [0.25, 0.3) is 10.0 Å². The van der Waals surface area contributed by atoms with Gasteiger partial charge in [0, 0.05) is 20.8 Å². The van der Waals surface area contributed by atoms with Crippen molar-refractivity contribution in [2.75, 3.05) is 27.4 Å². The highest BCUT2D eigenvalue weighted by Gasteiger charge is 2.20. The van der Waals surface area contributed by atoms with Crippen LogP contribution in [0.1, 0.15) is 5.76 Å². The molecule has 0 fully saturated rings. The lowest BCUT2D eigenvalue weighted by molar-refractivity contribution is 0.0319. The third-order valence-corrected chi connectivity index (χ3v) is 3.59. The first-order valence-corrected chi connectivity index (χ1v) is 6.82. The number of methoxy groups -OCH3 is 2. The number of nitrogens with one attached hydrogen (secondary N) is 1. The predicted octanol–water partition coefficient (Wildman–Crippen LogP) is -0.322. The number of hydrogen-bond acceptors (Lipinski definition) is 6. The molecule has 1 heterocycles. The van der Waals surface area contributed by atoms with E-state index < -0.39 is 10.0 Å². The molecule has 0 amide bonds. The van der Waals surface area contributed by atoms with Crippen molar-refractivity contribution < 1.29 is 22.3 Å². The van der Waals surface area contributed by atoms with E-state index in [9.17, 15) is 8.42 Å². The summed E-state index contributed by atoms with van der Waals surface area (Å²) in [4.78, 5) is 0. The summed E-state index contributed by atoms with van der Waals surface area (Å²) in [5.74, 6) is 0.413. The van der Waals surface area contributed by atoms with Gasteiger partial charge in [0.15, 0.2) is 0 Å². The fourth-order valence-corrected chi connectivity index (χ4v) is 2.29. The van der Waals surface area contributed by atoms with Crippen molar-refractivity contribution in [3.8, 4) is 0 Å². The summed E-state index contributed by atoms with van der Waals surface area (Å²) < 4.78 is 41.1. The van der Waals surface area contributed by atoms with Crippen LogP contribution in [-0.4, -0.2) is 41.9 Å². The molecule has 8 heteroatoms. The van der Waals surface area contributed by atoms with Crippen LogP contribution in [0.2, 0.25) is 0 Å². The van der Waals surface area contributed by atoms with E-state index in [1.54, 1.807) is 0 Å². The highest BCUT2D eigenvalue weighted by Crippen LogP contribution is 2.13. The third-order valence-electron chi connectivity index (χ3n) is 2.29. The van der Waals surface area contributed by atoms with Crippen molar-refractivity contribution in [2.24, 2.45) is 5.73 Å². The van der Waals surface area contributed by atoms with Crippen molar-refractivity contribution in [1.29, 1.82) is 0 Å². The van der Waals surface area contributed by atoms with Gasteiger partial charge in [-0.15, -0.1) is 0 Å². The highest BCUT2D eigenvalue weighted by molar-refractivity contribution is 7.89. The lowest BCUT2D eigenvalue weighted by atomic mass is 10.4. The average molecular weight is 278 g/mol. The molecular formula is C10H18N2O5S. The predicted molar refractivity (Wildman–Crippen MR) is 64.5 cm³/mol. The quantitative estimate of drug-likeness (QED) is 0.675. The maximum Gasteiger partial charge on any atom is 0.274 e. The summed E-state index contributed by atoms with van der Waals surface area (Å²) in [6.07, 6.45) is -0.353. The molecule has 1 aromatic heterocycles. The molecule has 0 spiro atoms. The van der Waals surface area contributed by atoms with Crippen LogP contribution >= 0.6 is 0 Å². The van der Waals surface area contributed by atoms with E-state index in [1.807, 2.05) is 0 Å². The van der Waals surface area contributed by atoms with Crippen molar-refractivity contribution in [3.05, 3.63) is 17.9 Å². The Balaban J connectivity index is 2.64. The second kappa shape index (κ2) is 6.86. The van der Waals surface area contributed by atoms with E-state index in [0.29, 0.717) is 12.4 Å². The van der Waals surface area contributed by atoms with Gasteiger partial charge in [-0.2, -0.15) is 0 Å². The number of rotatable bonds is 8. The summed E-state index contributed by atoms with van der Waals surface area (Å²) >= 11 is 0. The molecular weight excluding hydrogens is 260 g/mol. The minimum absolute atomic E-state index is 0.103. The smallest absolute Gasteiger partial charge is 0.274 e. The number of hydrogen-bond donors (Lipinski definition) is 2. The molecule has 1 aromatic rings. The molecule has 0 saturated carbocycles. The van der Waals surface area contributed by atoms with Crippen LogP contribution < -0.4 is 10.5 Å². The van der Waals surface area contributed by atoms with Crippen LogP contribution in [0.4, 0.5) is 0 Å². The molecule has 1 atom stereocenters. The van der Waals surface area contributed by atoms with E-state index in [0.717, 1.165) is 0 Å². The third kappa shape index (κ3) is 4.07. The molecule has 0 saturated heterocycles. The topological polar surface area (TPSA) is 104 Å². The second-order valence-electron chi connectivity index (χ2n) is 3.59. The number of furan rings is 1. The molecule has 1 rings (SSSR count). The first kappa shape index (κ1) is 15.1. The monoisotopic (exact) mass is 278 g/mol. The molecule has 0 aliphatic rings. The van der Waals surface area contributed by atoms with Gasteiger partial charge < -0.3 is 19.6 Å². The van der Waals surface area contributed by atoms with Crippen LogP contribution in [0.15, 0.2) is 21.6 Å². The van der Waals surface area contributed by atoms with Gasteiger partial charge in [0.1, 0.15) is 5.76 Å². The number of sulfonamides is 1. The minimum atomic E-state index is -3.68. The fraction of sp³-hybridized carbons (Fsp3) is 0.600. The lowest BCUT2D eigenvalue weighted by Crippen LogP contribution is -2.35. The minimum Gasteiger partial charge on any atom is -0.447 e. The maximum atomic E-state index is 11.8. The van der Waals surface area contributed by atoms with Crippen LogP contribution in [0.3, 0.4) is 0 Å². The van der Waals surface area contributed by atoms with Crippen LogP contribution in [-0.2, 0) is 26.0 Å². The van der Waals surface area contributed by atoms with Crippen molar-refractivity contribution in [2.45, 2.75) is 17.7 Å². The summed E-state index contributed by atoms with van der Waals surface area (Å²) in [6.45, 7) is 0.552. The first-order valence-electron chi connectivity index (χ1n) is 5.33. The largest absolute Gasteiger partial charge is 0.447 e. The molecule has 18 heavy (non-hydrogen) atoms. The van der Waals surface area contributed by atoms with Gasteiger partial charge in [-0.05, 0) is 12.1 Å². The Kier molecular flexibility index (Phi) is 5.76. The Bertz CT molecular complexity index is 457. The Morgan fingerprint density at radius 2 is 2.17 bits per heavy atom. The Morgan fingerprint density at radius 3 is 2.67 bits per heavy atom. The first-order chi connectivity index (χ1) is 8.53. The van der Waals surface area contributed by atoms with E-state index in [-0.39, 0.29) is 24.3 Å². The standard InChI is InChI=1S/C10H18N2O5S/c1-15-7-9(16-2)6-12-18(13,14)10-4-3-8(5-11)17-10/h3-4,9,12H,5-7,11H2,1-2H3. The van der Waals surface area contributed by atoms with Crippen molar-refractivity contribution in [3.63, 3.8) is 0 Å². The van der Waals surface area contributed by atoms with Crippen molar-refractivity contribution >= 4 is 10.0 Å². The maximum absolute atomic E-state index is 11.8. The normalized spacial score (nSPS) is 13.7. The Labute approximate surface area is 106 Å². The summed E-state index contributed by atoms with van der Waals surface area (Å²) in [5, 5.41) is -0.157. The molecule has 7 nitrogen and oxygen atoms in total. The fourth-order valence-electron chi connectivity index (χ4n) is 1.28. The van der Waals surface area contributed by atoms with Crippen LogP contribution in [0.5, 0.6) is 0 Å². The molecule has 0 radical (unpaired) electrons. The van der Waals surface area contributed by atoms with Gasteiger partial charge in [0.05, 0.1) is 19.3 Å². The van der Waals surface area contributed by atoms with Gasteiger partial charge in [-0.3, -0.25) is 0 Å². The van der Waals surface area contributed by atoms with Gasteiger partial charge in [0.2, 0.25) is 5.09 Å². The van der Waals surface area contributed by atoms with Gasteiger partial charge in [-0.1, -0.05) is 0 Å². The molecule has 0 bridgehead atoms. The molecule has 0 aromatic carbocycles. The summed E-state index contributed by atoms with van der Waals surface area (Å²) in [7, 11) is -0.683. The Hall–Kier alpha value is -0.930. The van der Waals surface area contributed by atoms with Gasteiger partial charge >= 0.3 is 0 Å². The molecule has 104 valence electrons. The average Bonchev–Trinajstić information content (AvgIpc) is 2.84. The van der Waals surface area contributed by atoms with E-state index in [4.69, 9.17) is 19.6 Å². The van der Waals surface area contributed by atoms with E-state index >= 15 is 0 Å². The van der Waals surface area contributed by atoms with Gasteiger partial charge in [-0.25, -0.2) is 13.1 Å². The molecule has 1 unspecified atom stereocenters. The van der Waals surface area contributed by atoms with E-state index in [1.165, 1.54) is 26.4 Å². The van der Waals surface area contributed by atoms with E-state index in [2.05, 4.69) is 4.72 Å². The summed E-state index contributed by atoms with van der Waals surface area (Å²) in [5.41, 5.74) is 5.34. The Morgan fingerprint density at radius 1 is 1.44 bits per heavy atom. The van der Waals surface area contributed by atoms with Crippen LogP contribution in [0, 0.1) is 0 Å². The molecule has 3 N–H and O–H groups in total. The zero-order valence-electron chi connectivity index (χ0n) is 10.4. The summed E-state index contributed by atoms with van der Waals surface area (Å²) in [6, 6.07) is 2.89. The highest BCUT2D eigenvalue weighted by atomic mass is 32.2. The SMILES string of the molecule is COCC(CNS(=O)(=O)c1ccc(CN)o1)OC. The zero-order chi connectivity index (χ0) is 13.6. The van der Waals surface area contributed by atoms with Crippen LogP contribution in [0.25, 0.3) is 0 Å². The molecule has 0 aliphatic heterocycles.